The van der Waals surface area contributed by atoms with Crippen LogP contribution < -0.4 is 20.7 Å². The minimum atomic E-state index is 0. The van der Waals surface area contributed by atoms with Gasteiger partial charge in [-0.05, 0) is 30.3 Å². The average molecular weight is 461 g/mol. The normalized spacial score (nSPS) is 10.7. The highest BCUT2D eigenvalue weighted by molar-refractivity contribution is 14.0. The summed E-state index contributed by atoms with van der Waals surface area (Å²) in [5.74, 6) is 0.977. The zero-order valence-corrected chi connectivity index (χ0v) is 16.8. The van der Waals surface area contributed by atoms with Crippen molar-refractivity contribution in [2.75, 3.05) is 37.5 Å². The second-order valence-electron chi connectivity index (χ2n) is 5.00. The van der Waals surface area contributed by atoms with E-state index in [-0.39, 0.29) is 24.0 Å². The van der Waals surface area contributed by atoms with Gasteiger partial charge in [-0.3, -0.25) is 4.99 Å². The Bertz CT molecular complexity index is 667. The molecular formula is C17H22ClIN4O. The number of likely N-dealkylation sites (N-methyl/N-ethyl adjacent to an activating group) is 1. The van der Waals surface area contributed by atoms with Crippen LogP contribution in [-0.4, -0.2) is 33.2 Å². The lowest BCUT2D eigenvalue weighted by Crippen LogP contribution is -2.26. The molecule has 7 heteroatoms. The number of guanidine groups is 1. The summed E-state index contributed by atoms with van der Waals surface area (Å²) in [4.78, 5) is 6.45. The quantitative estimate of drug-likeness (QED) is 0.391. The number of para-hydroxylation sites is 1. The number of rotatable bonds is 6. The summed E-state index contributed by atoms with van der Waals surface area (Å²) in [5, 5.41) is 3.54. The van der Waals surface area contributed by atoms with E-state index in [0.717, 1.165) is 17.9 Å². The summed E-state index contributed by atoms with van der Waals surface area (Å²) in [6, 6.07) is 15.5. The molecule has 0 amide bonds. The number of methoxy groups -OCH3 is 1. The number of aliphatic imine (C=N–C) groups is 1. The molecule has 0 saturated heterocycles. The molecule has 3 N–H and O–H groups in total. The van der Waals surface area contributed by atoms with Gasteiger partial charge in [0.25, 0.3) is 0 Å². The third-order valence-corrected chi connectivity index (χ3v) is 3.63. The lowest BCUT2D eigenvalue weighted by atomic mass is 10.3. The first-order valence-electron chi connectivity index (χ1n) is 7.27. The monoisotopic (exact) mass is 460 g/mol. The van der Waals surface area contributed by atoms with Crippen LogP contribution in [-0.2, 0) is 0 Å². The van der Waals surface area contributed by atoms with Crippen molar-refractivity contribution in [3.8, 4) is 5.75 Å². The number of ether oxygens (including phenoxy) is 1. The van der Waals surface area contributed by atoms with E-state index in [2.05, 4.69) is 27.3 Å². The number of nitrogens with one attached hydrogen (secondary N) is 1. The Balaban J connectivity index is 0.00000288. The molecule has 0 aliphatic heterocycles. The van der Waals surface area contributed by atoms with Crippen LogP contribution in [0, 0.1) is 0 Å². The highest BCUT2D eigenvalue weighted by atomic mass is 127. The van der Waals surface area contributed by atoms with Gasteiger partial charge in [0.2, 0.25) is 0 Å². The molecule has 130 valence electrons. The van der Waals surface area contributed by atoms with Crippen molar-refractivity contribution in [1.29, 1.82) is 0 Å². The molecule has 0 aliphatic rings. The Morgan fingerprint density at radius 3 is 2.58 bits per heavy atom. The van der Waals surface area contributed by atoms with Crippen molar-refractivity contribution in [1.82, 2.24) is 0 Å². The predicted molar refractivity (Wildman–Crippen MR) is 113 cm³/mol. The molecule has 0 radical (unpaired) electrons. The van der Waals surface area contributed by atoms with Gasteiger partial charge in [0, 0.05) is 25.0 Å². The molecule has 2 aromatic rings. The van der Waals surface area contributed by atoms with Crippen molar-refractivity contribution >= 4 is 52.9 Å². The number of nitrogens with two attached hydrogens (primary N) is 1. The van der Waals surface area contributed by atoms with E-state index in [0.29, 0.717) is 23.3 Å². The number of anilines is 2. The van der Waals surface area contributed by atoms with Crippen LogP contribution in [0.15, 0.2) is 53.5 Å². The van der Waals surface area contributed by atoms with Crippen LogP contribution >= 0.6 is 35.6 Å². The van der Waals surface area contributed by atoms with E-state index >= 15 is 0 Å². The molecule has 0 aliphatic carbocycles. The van der Waals surface area contributed by atoms with Gasteiger partial charge >= 0.3 is 0 Å². The number of hydrogen-bond acceptors (Lipinski definition) is 3. The Labute approximate surface area is 164 Å². The van der Waals surface area contributed by atoms with Gasteiger partial charge in [-0.1, -0.05) is 29.8 Å². The Hall–Kier alpha value is -1.67. The van der Waals surface area contributed by atoms with Crippen LogP contribution in [0.25, 0.3) is 0 Å². The number of nitrogens with zero attached hydrogens (tertiary/aromatic N) is 2. The van der Waals surface area contributed by atoms with E-state index < -0.39 is 0 Å². The standard InChI is InChI=1S/C17H21ClN4O.HI/c1-22(14-6-4-3-5-7-14)11-10-20-17(19)21-13-8-9-16(23-2)15(18)12-13;/h3-9,12H,10-11H2,1-2H3,(H3,19,20,21);1H. The first kappa shape index (κ1) is 20.4. The molecule has 0 saturated carbocycles. The van der Waals surface area contributed by atoms with Gasteiger partial charge in [-0.25, -0.2) is 0 Å². The maximum absolute atomic E-state index is 6.07. The summed E-state index contributed by atoms with van der Waals surface area (Å²) in [7, 11) is 3.60. The summed E-state index contributed by atoms with van der Waals surface area (Å²) in [6.07, 6.45) is 0. The fraction of sp³-hybridized carbons (Fsp3) is 0.235. The Morgan fingerprint density at radius 1 is 1.25 bits per heavy atom. The van der Waals surface area contributed by atoms with E-state index in [1.54, 1.807) is 19.2 Å². The molecule has 0 fully saturated rings. The van der Waals surface area contributed by atoms with E-state index in [4.69, 9.17) is 22.1 Å². The van der Waals surface area contributed by atoms with Crippen LogP contribution in [0.2, 0.25) is 5.02 Å². The number of hydrogen-bond donors (Lipinski definition) is 2. The minimum Gasteiger partial charge on any atom is -0.495 e. The molecular weight excluding hydrogens is 439 g/mol. The largest absolute Gasteiger partial charge is 0.495 e. The van der Waals surface area contributed by atoms with Crippen molar-refractivity contribution in [2.24, 2.45) is 10.7 Å². The molecule has 0 bridgehead atoms. The maximum Gasteiger partial charge on any atom is 0.193 e. The zero-order chi connectivity index (χ0) is 16.7. The number of benzene rings is 2. The van der Waals surface area contributed by atoms with Crippen LogP contribution in [0.5, 0.6) is 5.75 Å². The molecule has 2 rings (SSSR count). The van der Waals surface area contributed by atoms with Gasteiger partial charge in [0.05, 0.1) is 18.7 Å². The van der Waals surface area contributed by atoms with Crippen LogP contribution in [0.4, 0.5) is 11.4 Å². The van der Waals surface area contributed by atoms with Crippen molar-refractivity contribution in [3.05, 3.63) is 53.6 Å². The van der Waals surface area contributed by atoms with Crippen molar-refractivity contribution < 1.29 is 4.74 Å². The van der Waals surface area contributed by atoms with Crippen molar-refractivity contribution in [2.45, 2.75) is 0 Å². The number of halogens is 2. The minimum absolute atomic E-state index is 0. The summed E-state index contributed by atoms with van der Waals surface area (Å²) >= 11 is 6.07. The zero-order valence-electron chi connectivity index (χ0n) is 13.7. The van der Waals surface area contributed by atoms with Gasteiger partial charge in [-0.15, -0.1) is 24.0 Å². The topological polar surface area (TPSA) is 62.9 Å². The highest BCUT2D eigenvalue weighted by Crippen LogP contribution is 2.26. The first-order chi connectivity index (χ1) is 11.1. The lowest BCUT2D eigenvalue weighted by Gasteiger charge is -2.18. The molecule has 0 unspecified atom stereocenters. The summed E-state index contributed by atoms with van der Waals surface area (Å²) in [6.45, 7) is 1.36. The third kappa shape index (κ3) is 6.09. The van der Waals surface area contributed by atoms with Crippen LogP contribution in [0.1, 0.15) is 0 Å². The fourth-order valence-electron chi connectivity index (χ4n) is 2.06. The molecule has 0 spiro atoms. The Morgan fingerprint density at radius 2 is 1.96 bits per heavy atom. The van der Waals surface area contributed by atoms with E-state index in [1.165, 1.54) is 0 Å². The average Bonchev–Trinajstić information content (AvgIpc) is 2.55. The van der Waals surface area contributed by atoms with Gasteiger partial charge in [0.1, 0.15) is 5.75 Å². The summed E-state index contributed by atoms with van der Waals surface area (Å²) in [5.41, 5.74) is 7.82. The van der Waals surface area contributed by atoms with Crippen molar-refractivity contribution in [3.63, 3.8) is 0 Å². The lowest BCUT2D eigenvalue weighted by molar-refractivity contribution is 0.415. The van der Waals surface area contributed by atoms with Gasteiger partial charge in [0.15, 0.2) is 5.96 Å². The van der Waals surface area contributed by atoms with Gasteiger partial charge < -0.3 is 20.7 Å². The molecule has 0 heterocycles. The smallest absolute Gasteiger partial charge is 0.193 e. The second kappa shape index (κ2) is 10.2. The summed E-state index contributed by atoms with van der Waals surface area (Å²) < 4.78 is 5.11. The van der Waals surface area contributed by atoms with Gasteiger partial charge in [-0.2, -0.15) is 0 Å². The molecule has 0 aromatic heterocycles. The highest BCUT2D eigenvalue weighted by Gasteiger charge is 2.03. The van der Waals surface area contributed by atoms with E-state index in [1.807, 2.05) is 31.3 Å². The fourth-order valence-corrected chi connectivity index (χ4v) is 2.32. The second-order valence-corrected chi connectivity index (χ2v) is 5.41. The SMILES string of the molecule is COc1ccc(NC(N)=NCCN(C)c2ccccc2)cc1Cl.I. The van der Waals surface area contributed by atoms with E-state index in [9.17, 15) is 0 Å². The molecule has 0 atom stereocenters. The molecule has 24 heavy (non-hydrogen) atoms. The molecule has 2 aromatic carbocycles. The van der Waals surface area contributed by atoms with Crippen LogP contribution in [0.3, 0.4) is 0 Å². The third-order valence-electron chi connectivity index (χ3n) is 3.34. The molecule has 5 nitrogen and oxygen atoms in total. The Kier molecular flexibility index (Phi) is 8.70. The predicted octanol–water partition coefficient (Wildman–Crippen LogP) is 3.83. The first-order valence-corrected chi connectivity index (χ1v) is 7.64. The maximum atomic E-state index is 6.07.